The van der Waals surface area contributed by atoms with Crippen molar-refractivity contribution in [1.29, 1.82) is 0 Å². The number of carbonyl (C=O) groups is 1. The molecule has 4 nitrogen and oxygen atoms in total. The van der Waals surface area contributed by atoms with Crippen molar-refractivity contribution in [2.24, 2.45) is 5.73 Å². The molecule has 0 aliphatic rings. The van der Waals surface area contributed by atoms with E-state index in [2.05, 4.69) is 4.74 Å². The molecule has 1 aromatic carbocycles. The van der Waals surface area contributed by atoms with Crippen molar-refractivity contribution in [3.05, 3.63) is 29.6 Å². The fourth-order valence-corrected chi connectivity index (χ4v) is 1.24. The van der Waals surface area contributed by atoms with Crippen molar-refractivity contribution >= 4 is 5.97 Å². The number of halogens is 1. The molecule has 0 radical (unpaired) electrons. The lowest BCUT2D eigenvalue weighted by molar-refractivity contribution is -0.142. The highest BCUT2D eigenvalue weighted by molar-refractivity contribution is 5.78. The molecule has 0 fully saturated rings. The van der Waals surface area contributed by atoms with Crippen LogP contribution in [0.5, 0.6) is 5.75 Å². The Balaban J connectivity index is 3.13. The van der Waals surface area contributed by atoms with Gasteiger partial charge in [-0.05, 0) is 6.07 Å². The van der Waals surface area contributed by atoms with Crippen LogP contribution >= 0.6 is 0 Å². The summed E-state index contributed by atoms with van der Waals surface area (Å²) < 4.78 is 22.5. The van der Waals surface area contributed by atoms with E-state index in [0.717, 1.165) is 0 Å². The molecule has 0 amide bonds. The molecule has 0 saturated heterocycles. The van der Waals surface area contributed by atoms with Crippen molar-refractivity contribution in [3.8, 4) is 5.75 Å². The molecule has 0 unspecified atom stereocenters. The molecular formula is C10H12FNO3. The third-order valence-electron chi connectivity index (χ3n) is 1.99. The molecule has 0 spiro atoms. The minimum absolute atomic E-state index is 0.0320. The van der Waals surface area contributed by atoms with Crippen molar-refractivity contribution in [2.45, 2.75) is 6.04 Å². The lowest BCUT2D eigenvalue weighted by Gasteiger charge is -2.13. The Kier molecular flexibility index (Phi) is 3.62. The van der Waals surface area contributed by atoms with Crippen LogP contribution in [0.15, 0.2) is 18.2 Å². The molecule has 5 heteroatoms. The Labute approximate surface area is 86.8 Å². The number of methoxy groups -OCH3 is 2. The molecule has 0 bridgehead atoms. The first-order chi connectivity index (χ1) is 7.11. The van der Waals surface area contributed by atoms with E-state index in [4.69, 9.17) is 10.5 Å². The summed E-state index contributed by atoms with van der Waals surface area (Å²) in [5.74, 6) is -1.23. The monoisotopic (exact) mass is 213 g/mol. The summed E-state index contributed by atoms with van der Waals surface area (Å²) in [5.41, 5.74) is 5.84. The Hall–Kier alpha value is -1.62. The first-order valence-electron chi connectivity index (χ1n) is 4.27. The third kappa shape index (κ3) is 2.24. The van der Waals surface area contributed by atoms with E-state index < -0.39 is 17.8 Å². The van der Waals surface area contributed by atoms with Gasteiger partial charge in [-0.15, -0.1) is 0 Å². The van der Waals surface area contributed by atoms with Gasteiger partial charge in [-0.3, -0.25) is 4.79 Å². The van der Waals surface area contributed by atoms with E-state index in [1.165, 1.54) is 32.4 Å². The number of hydrogen-bond acceptors (Lipinski definition) is 4. The highest BCUT2D eigenvalue weighted by Gasteiger charge is 2.22. The van der Waals surface area contributed by atoms with E-state index in [9.17, 15) is 9.18 Å². The van der Waals surface area contributed by atoms with E-state index in [0.29, 0.717) is 0 Å². The average Bonchev–Trinajstić information content (AvgIpc) is 2.26. The van der Waals surface area contributed by atoms with Crippen LogP contribution in [0.3, 0.4) is 0 Å². The molecule has 0 aromatic heterocycles. The fourth-order valence-electron chi connectivity index (χ4n) is 1.24. The number of ether oxygens (including phenoxy) is 2. The SMILES string of the molecule is COC(=O)[C@@H](N)c1cccc(F)c1OC. The standard InChI is InChI=1S/C10H12FNO3/c1-14-9-6(4-3-5-7(9)11)8(12)10(13)15-2/h3-5,8H,12H2,1-2H3/t8-/m0/s1. The molecule has 1 aromatic rings. The predicted octanol–water partition coefficient (Wildman–Crippen LogP) is 1.01. The summed E-state index contributed by atoms with van der Waals surface area (Å²) in [6.45, 7) is 0. The molecule has 0 aliphatic carbocycles. The summed E-state index contributed by atoms with van der Waals surface area (Å²) in [5, 5.41) is 0. The van der Waals surface area contributed by atoms with Gasteiger partial charge >= 0.3 is 5.97 Å². The van der Waals surface area contributed by atoms with Gasteiger partial charge in [-0.25, -0.2) is 4.39 Å². The van der Waals surface area contributed by atoms with Crippen LogP contribution < -0.4 is 10.5 Å². The summed E-state index contributed by atoms with van der Waals surface area (Å²) in [6.07, 6.45) is 0. The number of nitrogens with two attached hydrogens (primary N) is 1. The van der Waals surface area contributed by atoms with Crippen molar-refractivity contribution < 1.29 is 18.7 Å². The summed E-state index contributed by atoms with van der Waals surface area (Å²) in [4.78, 5) is 11.2. The molecule has 1 atom stereocenters. The van der Waals surface area contributed by atoms with Crippen LogP contribution in [-0.2, 0) is 9.53 Å². The normalized spacial score (nSPS) is 12.0. The van der Waals surface area contributed by atoms with Gasteiger partial charge in [-0.2, -0.15) is 0 Å². The number of esters is 1. The van der Waals surface area contributed by atoms with Crippen LogP contribution in [0.25, 0.3) is 0 Å². The van der Waals surface area contributed by atoms with Crippen LogP contribution in [0.2, 0.25) is 0 Å². The quantitative estimate of drug-likeness (QED) is 0.761. The number of rotatable bonds is 3. The molecular weight excluding hydrogens is 201 g/mol. The third-order valence-corrected chi connectivity index (χ3v) is 1.99. The van der Waals surface area contributed by atoms with Gasteiger partial charge in [0.05, 0.1) is 14.2 Å². The van der Waals surface area contributed by atoms with Gasteiger partial charge in [-0.1, -0.05) is 12.1 Å². The molecule has 82 valence electrons. The van der Waals surface area contributed by atoms with Gasteiger partial charge in [0.2, 0.25) is 0 Å². The van der Waals surface area contributed by atoms with Crippen LogP contribution in [0, 0.1) is 5.82 Å². The van der Waals surface area contributed by atoms with Crippen molar-refractivity contribution in [2.75, 3.05) is 14.2 Å². The number of hydrogen-bond donors (Lipinski definition) is 1. The highest BCUT2D eigenvalue weighted by atomic mass is 19.1. The van der Waals surface area contributed by atoms with E-state index in [1.54, 1.807) is 0 Å². The number of benzene rings is 1. The Bertz CT molecular complexity index is 368. The second-order valence-electron chi connectivity index (χ2n) is 2.86. The smallest absolute Gasteiger partial charge is 0.327 e. The van der Waals surface area contributed by atoms with E-state index in [1.807, 2.05) is 0 Å². The predicted molar refractivity (Wildman–Crippen MR) is 51.9 cm³/mol. The summed E-state index contributed by atoms with van der Waals surface area (Å²) in [7, 11) is 2.53. The molecule has 2 N–H and O–H groups in total. The van der Waals surface area contributed by atoms with Crippen LogP contribution in [-0.4, -0.2) is 20.2 Å². The molecule has 0 saturated carbocycles. The maximum Gasteiger partial charge on any atom is 0.327 e. The largest absolute Gasteiger partial charge is 0.493 e. The van der Waals surface area contributed by atoms with Crippen molar-refractivity contribution in [3.63, 3.8) is 0 Å². The van der Waals surface area contributed by atoms with Crippen molar-refractivity contribution in [1.82, 2.24) is 0 Å². The minimum atomic E-state index is -1.04. The second-order valence-corrected chi connectivity index (χ2v) is 2.86. The topological polar surface area (TPSA) is 61.5 Å². The maximum atomic E-state index is 13.2. The highest BCUT2D eigenvalue weighted by Crippen LogP contribution is 2.27. The Morgan fingerprint density at radius 1 is 1.47 bits per heavy atom. The maximum absolute atomic E-state index is 13.2. The van der Waals surface area contributed by atoms with Gasteiger partial charge in [0.15, 0.2) is 11.6 Å². The summed E-state index contributed by atoms with van der Waals surface area (Å²) in [6, 6.07) is 3.16. The van der Waals surface area contributed by atoms with Gasteiger partial charge < -0.3 is 15.2 Å². The van der Waals surface area contributed by atoms with Gasteiger partial charge in [0, 0.05) is 5.56 Å². The zero-order chi connectivity index (χ0) is 11.4. The van der Waals surface area contributed by atoms with Gasteiger partial charge in [0.25, 0.3) is 0 Å². The average molecular weight is 213 g/mol. The van der Waals surface area contributed by atoms with E-state index in [-0.39, 0.29) is 11.3 Å². The Morgan fingerprint density at radius 3 is 2.67 bits per heavy atom. The van der Waals surface area contributed by atoms with Crippen LogP contribution in [0.4, 0.5) is 4.39 Å². The fraction of sp³-hybridized carbons (Fsp3) is 0.300. The first-order valence-corrected chi connectivity index (χ1v) is 4.27. The molecule has 15 heavy (non-hydrogen) atoms. The zero-order valence-corrected chi connectivity index (χ0v) is 8.49. The lowest BCUT2D eigenvalue weighted by atomic mass is 10.1. The molecule has 0 heterocycles. The Morgan fingerprint density at radius 2 is 2.13 bits per heavy atom. The van der Waals surface area contributed by atoms with Gasteiger partial charge in [0.1, 0.15) is 6.04 Å². The second kappa shape index (κ2) is 4.75. The first kappa shape index (κ1) is 11.5. The minimum Gasteiger partial charge on any atom is -0.493 e. The molecule has 0 aliphatic heterocycles. The lowest BCUT2D eigenvalue weighted by Crippen LogP contribution is -2.23. The number of para-hydroxylation sites is 1. The zero-order valence-electron chi connectivity index (χ0n) is 8.49. The summed E-state index contributed by atoms with van der Waals surface area (Å²) >= 11 is 0. The van der Waals surface area contributed by atoms with E-state index >= 15 is 0 Å². The number of carbonyl (C=O) groups excluding carboxylic acids is 1. The molecule has 1 rings (SSSR count). The van der Waals surface area contributed by atoms with Crippen LogP contribution in [0.1, 0.15) is 11.6 Å².